The van der Waals surface area contributed by atoms with Gasteiger partial charge in [-0.15, -0.1) is 0 Å². The molecule has 162 valence electrons. The van der Waals surface area contributed by atoms with Gasteiger partial charge in [-0.05, 0) is 49.7 Å². The van der Waals surface area contributed by atoms with Gasteiger partial charge in [-0.3, -0.25) is 4.79 Å². The average Bonchev–Trinajstić information content (AvgIpc) is 2.79. The minimum atomic E-state index is -0.0441. The van der Waals surface area contributed by atoms with E-state index in [2.05, 4.69) is 11.1 Å². The predicted molar refractivity (Wildman–Crippen MR) is 129 cm³/mol. The van der Waals surface area contributed by atoms with E-state index in [9.17, 15) is 4.79 Å². The third-order valence-electron chi connectivity index (χ3n) is 5.45. The van der Waals surface area contributed by atoms with E-state index in [0.29, 0.717) is 23.8 Å². The molecule has 32 heavy (non-hydrogen) atoms. The highest BCUT2D eigenvalue weighted by Crippen LogP contribution is 2.26. The first-order valence-electron chi connectivity index (χ1n) is 10.5. The van der Waals surface area contributed by atoms with Crippen molar-refractivity contribution >= 4 is 28.4 Å². The molecule has 0 aliphatic carbocycles. The molecule has 0 atom stereocenters. The second-order valence-corrected chi connectivity index (χ2v) is 8.37. The molecular weight excluding hydrogens is 420 g/mol. The van der Waals surface area contributed by atoms with E-state index < -0.39 is 0 Å². The Balaban J connectivity index is 1.70. The van der Waals surface area contributed by atoms with Crippen molar-refractivity contribution in [3.63, 3.8) is 0 Å². The molecule has 1 aromatic heterocycles. The highest BCUT2D eigenvalue weighted by Gasteiger charge is 2.19. The molecule has 0 aliphatic rings. The molecule has 4 aromatic rings. The normalized spacial score (nSPS) is 10.9. The number of amides is 1. The van der Waals surface area contributed by atoms with Crippen LogP contribution in [0, 0.1) is 13.8 Å². The Morgan fingerprint density at radius 2 is 1.72 bits per heavy atom. The molecule has 0 bridgehead atoms. The summed E-state index contributed by atoms with van der Waals surface area (Å²) in [5, 5.41) is 1.33. The largest absolute Gasteiger partial charge is 0.497 e. The number of halogens is 1. The number of pyridine rings is 1. The highest BCUT2D eigenvalue weighted by atomic mass is 35.5. The molecule has 0 spiro atoms. The van der Waals surface area contributed by atoms with E-state index in [1.165, 1.54) is 0 Å². The van der Waals surface area contributed by atoms with Gasteiger partial charge in [0.25, 0.3) is 5.91 Å². The van der Waals surface area contributed by atoms with Gasteiger partial charge in [0, 0.05) is 35.7 Å². The van der Waals surface area contributed by atoms with Crippen LogP contribution in [0.15, 0.2) is 72.8 Å². The van der Waals surface area contributed by atoms with Crippen LogP contribution in [0.3, 0.4) is 0 Å². The first kappa shape index (κ1) is 21.8. The second kappa shape index (κ2) is 9.41. The van der Waals surface area contributed by atoms with E-state index in [0.717, 1.165) is 38.9 Å². The molecule has 5 heteroatoms. The summed E-state index contributed by atoms with van der Waals surface area (Å²) in [6, 6.07) is 23.5. The van der Waals surface area contributed by atoms with Crippen molar-refractivity contribution in [2.24, 2.45) is 0 Å². The van der Waals surface area contributed by atoms with E-state index in [4.69, 9.17) is 16.3 Å². The fourth-order valence-corrected chi connectivity index (χ4v) is 3.93. The summed E-state index contributed by atoms with van der Waals surface area (Å²) in [7, 11) is 1.62. The number of hydrogen-bond donors (Lipinski definition) is 0. The van der Waals surface area contributed by atoms with Gasteiger partial charge in [0.2, 0.25) is 0 Å². The van der Waals surface area contributed by atoms with Gasteiger partial charge >= 0.3 is 0 Å². The quantitative estimate of drug-likeness (QED) is 0.325. The number of hydrogen-bond acceptors (Lipinski definition) is 3. The molecular formula is C27H25ClN2O2. The monoisotopic (exact) mass is 444 g/mol. The summed E-state index contributed by atoms with van der Waals surface area (Å²) in [5.74, 6) is 0.682. The Morgan fingerprint density at radius 3 is 2.44 bits per heavy atom. The summed E-state index contributed by atoms with van der Waals surface area (Å²) in [4.78, 5) is 19.8. The first-order chi connectivity index (χ1) is 15.4. The molecule has 0 aliphatic heterocycles. The van der Waals surface area contributed by atoms with Crippen LogP contribution < -0.4 is 4.74 Å². The lowest BCUT2D eigenvalue weighted by Crippen LogP contribution is -2.30. The molecule has 0 fully saturated rings. The number of carbonyl (C=O) groups excluding carboxylic acids is 1. The Hall–Kier alpha value is -3.37. The second-order valence-electron chi connectivity index (χ2n) is 8.01. The van der Waals surface area contributed by atoms with Gasteiger partial charge in [0.05, 0.1) is 12.6 Å². The lowest BCUT2D eigenvalue weighted by Gasteiger charge is -2.24. The smallest absolute Gasteiger partial charge is 0.254 e. The fraction of sp³-hybridized carbons (Fsp3) is 0.185. The first-order valence-corrected chi connectivity index (χ1v) is 10.9. The van der Waals surface area contributed by atoms with Gasteiger partial charge in [0.15, 0.2) is 0 Å². The SMILES string of the molecule is COc1ccc2cc(CN(Cc3cccc(C)c3)C(=O)c3ccc(C)cc3)c(Cl)nc2c1. The molecule has 4 nitrogen and oxygen atoms in total. The minimum absolute atomic E-state index is 0.0441. The molecule has 1 amide bonds. The minimum Gasteiger partial charge on any atom is -0.497 e. The number of rotatable bonds is 6. The van der Waals surface area contributed by atoms with Crippen molar-refractivity contribution in [1.29, 1.82) is 0 Å². The standard InChI is InChI=1S/C27H25ClN2O2/c1-18-7-9-21(10-8-18)27(31)30(16-20-6-4-5-19(2)13-20)17-23-14-22-11-12-24(32-3)15-25(22)29-26(23)28/h4-15H,16-17H2,1-3H3. The number of aryl methyl sites for hydroxylation is 2. The maximum Gasteiger partial charge on any atom is 0.254 e. The van der Waals surface area contributed by atoms with Crippen molar-refractivity contribution in [1.82, 2.24) is 9.88 Å². The van der Waals surface area contributed by atoms with Gasteiger partial charge in [-0.1, -0.05) is 59.1 Å². The lowest BCUT2D eigenvalue weighted by molar-refractivity contribution is 0.0730. The number of benzene rings is 3. The summed E-state index contributed by atoms with van der Waals surface area (Å²) in [6.07, 6.45) is 0. The zero-order chi connectivity index (χ0) is 22.7. The average molecular weight is 445 g/mol. The van der Waals surface area contributed by atoms with Gasteiger partial charge in [0.1, 0.15) is 10.9 Å². The van der Waals surface area contributed by atoms with Gasteiger partial charge in [-0.25, -0.2) is 4.98 Å². The molecule has 0 saturated heterocycles. The maximum absolute atomic E-state index is 13.5. The third kappa shape index (κ3) is 4.92. The topological polar surface area (TPSA) is 42.4 Å². The number of carbonyl (C=O) groups is 1. The summed E-state index contributed by atoms with van der Waals surface area (Å²) >= 11 is 6.55. The van der Waals surface area contributed by atoms with Crippen molar-refractivity contribution in [2.75, 3.05) is 7.11 Å². The number of fused-ring (bicyclic) bond motifs is 1. The third-order valence-corrected chi connectivity index (χ3v) is 5.78. The van der Waals surface area contributed by atoms with Crippen molar-refractivity contribution in [3.8, 4) is 5.75 Å². The zero-order valence-corrected chi connectivity index (χ0v) is 19.2. The summed E-state index contributed by atoms with van der Waals surface area (Å²) in [5.41, 5.74) is 5.55. The highest BCUT2D eigenvalue weighted by molar-refractivity contribution is 6.30. The van der Waals surface area contributed by atoms with Gasteiger partial charge in [-0.2, -0.15) is 0 Å². The van der Waals surface area contributed by atoms with Crippen LogP contribution in [0.25, 0.3) is 10.9 Å². The number of methoxy groups -OCH3 is 1. The summed E-state index contributed by atoms with van der Waals surface area (Å²) in [6.45, 7) is 4.89. The Kier molecular flexibility index (Phi) is 6.42. The predicted octanol–water partition coefficient (Wildman–Crippen LogP) is 6.36. The van der Waals surface area contributed by atoms with Crippen molar-refractivity contribution in [2.45, 2.75) is 26.9 Å². The number of ether oxygens (including phenoxy) is 1. The fourth-order valence-electron chi connectivity index (χ4n) is 3.72. The Morgan fingerprint density at radius 1 is 0.938 bits per heavy atom. The number of aromatic nitrogens is 1. The van der Waals surface area contributed by atoms with E-state index >= 15 is 0 Å². The zero-order valence-electron chi connectivity index (χ0n) is 18.4. The van der Waals surface area contributed by atoms with Crippen molar-refractivity contribution < 1.29 is 9.53 Å². The number of nitrogens with zero attached hydrogens (tertiary/aromatic N) is 2. The van der Waals surface area contributed by atoms with Crippen LogP contribution in [0.1, 0.15) is 32.6 Å². The molecule has 1 heterocycles. The van der Waals surface area contributed by atoms with Crippen molar-refractivity contribution in [3.05, 3.63) is 106 Å². The van der Waals surface area contributed by atoms with Crippen LogP contribution in [-0.4, -0.2) is 22.9 Å². The van der Waals surface area contributed by atoms with E-state index in [1.54, 1.807) is 7.11 Å². The van der Waals surface area contributed by atoms with Crippen LogP contribution in [0.5, 0.6) is 5.75 Å². The molecule has 0 saturated carbocycles. The molecule has 0 unspecified atom stereocenters. The molecule has 3 aromatic carbocycles. The molecule has 0 N–H and O–H groups in total. The summed E-state index contributed by atoms with van der Waals surface area (Å²) < 4.78 is 5.29. The van der Waals surface area contributed by atoms with Crippen LogP contribution in [-0.2, 0) is 13.1 Å². The molecule has 4 rings (SSSR count). The van der Waals surface area contributed by atoms with E-state index in [-0.39, 0.29) is 5.91 Å². The molecule has 0 radical (unpaired) electrons. The maximum atomic E-state index is 13.5. The van der Waals surface area contributed by atoms with Crippen LogP contribution in [0.4, 0.5) is 0 Å². The Labute approximate surface area is 193 Å². The van der Waals surface area contributed by atoms with Gasteiger partial charge < -0.3 is 9.64 Å². The van der Waals surface area contributed by atoms with E-state index in [1.807, 2.05) is 85.5 Å². The van der Waals surface area contributed by atoms with Crippen LogP contribution >= 0.6 is 11.6 Å². The lowest BCUT2D eigenvalue weighted by atomic mass is 10.1. The Bertz CT molecular complexity index is 1270. The van der Waals surface area contributed by atoms with Crippen LogP contribution in [0.2, 0.25) is 5.15 Å².